The first-order chi connectivity index (χ1) is 21.5. The van der Waals surface area contributed by atoms with Crippen molar-refractivity contribution in [3.8, 4) is 11.5 Å². The molecule has 0 amide bonds. The Kier molecular flexibility index (Phi) is 7.14. The minimum Gasteiger partial charge on any atom is -0.493 e. The number of benzene rings is 4. The first-order valence-electron chi connectivity index (χ1n) is 17.2. The molecule has 5 saturated carbocycles. The molecule has 9 rings (SSSR count). The number of rotatable bonds is 8. The molecule has 0 saturated heterocycles. The summed E-state index contributed by atoms with van der Waals surface area (Å²) in [5.74, 6) is 4.57. The molecule has 5 aliphatic rings. The molecule has 5 aliphatic carbocycles. The fourth-order valence-electron chi connectivity index (χ4n) is 10.2. The highest BCUT2D eigenvalue weighted by Gasteiger charge is 2.57. The van der Waals surface area contributed by atoms with Gasteiger partial charge in [0.05, 0.1) is 24.4 Å². The first-order valence-corrected chi connectivity index (χ1v) is 17.2. The highest BCUT2D eigenvalue weighted by atomic mass is 16.5. The number of hydrogen-bond donors (Lipinski definition) is 2. The maximum Gasteiger partial charge on any atom is 0.127 e. The quantitative estimate of drug-likeness (QED) is 0.215. The number of ether oxygens (including phenoxy) is 2. The van der Waals surface area contributed by atoms with E-state index in [-0.39, 0.29) is 0 Å². The third-order valence-electron chi connectivity index (χ3n) is 12.0. The molecule has 5 fully saturated rings. The van der Waals surface area contributed by atoms with Gasteiger partial charge in [-0.2, -0.15) is 0 Å². The van der Waals surface area contributed by atoms with Gasteiger partial charge in [0.2, 0.25) is 0 Å². The van der Waals surface area contributed by atoms with Gasteiger partial charge in [0.25, 0.3) is 0 Å². The van der Waals surface area contributed by atoms with E-state index < -0.39 is 11.2 Å². The Labute approximate surface area is 261 Å². The Bertz CT molecular complexity index is 1650. The lowest BCUT2D eigenvalue weighted by atomic mass is 9.48. The summed E-state index contributed by atoms with van der Waals surface area (Å²) in [4.78, 5) is 0. The molecule has 2 unspecified atom stereocenters. The van der Waals surface area contributed by atoms with Crippen molar-refractivity contribution < 1.29 is 19.7 Å². The zero-order valence-electron chi connectivity index (χ0n) is 26.0. The lowest BCUT2D eigenvalue weighted by Crippen LogP contribution is -2.55. The molecule has 4 bridgehead atoms. The van der Waals surface area contributed by atoms with E-state index in [1.165, 1.54) is 32.1 Å². The van der Waals surface area contributed by atoms with Gasteiger partial charge in [-0.25, -0.2) is 0 Å². The van der Waals surface area contributed by atoms with E-state index in [4.69, 9.17) is 9.47 Å². The molecule has 0 spiro atoms. The van der Waals surface area contributed by atoms with E-state index in [1.807, 2.05) is 19.1 Å². The van der Waals surface area contributed by atoms with Crippen molar-refractivity contribution in [3.63, 3.8) is 0 Å². The van der Waals surface area contributed by atoms with Crippen LogP contribution >= 0.6 is 0 Å². The van der Waals surface area contributed by atoms with Crippen LogP contribution in [0.4, 0.5) is 0 Å². The van der Waals surface area contributed by atoms with Crippen LogP contribution in [0.1, 0.15) is 82.3 Å². The average molecular weight is 591 g/mol. The molecule has 4 aromatic rings. The fraction of sp³-hybridized carbons (Fsp3) is 0.500. The van der Waals surface area contributed by atoms with Crippen molar-refractivity contribution in [2.45, 2.75) is 82.3 Å². The summed E-state index contributed by atoms with van der Waals surface area (Å²) < 4.78 is 12.4. The lowest BCUT2D eigenvalue weighted by molar-refractivity contribution is -0.178. The number of hydrogen-bond acceptors (Lipinski definition) is 4. The summed E-state index contributed by atoms with van der Waals surface area (Å²) in [7, 11) is 0. The van der Waals surface area contributed by atoms with E-state index in [9.17, 15) is 10.2 Å². The van der Waals surface area contributed by atoms with Crippen LogP contribution in [0.2, 0.25) is 0 Å². The predicted octanol–water partition coefficient (Wildman–Crippen LogP) is 8.88. The van der Waals surface area contributed by atoms with Crippen molar-refractivity contribution in [1.29, 1.82) is 0 Å². The molecule has 230 valence electrons. The molecule has 4 aromatic carbocycles. The van der Waals surface area contributed by atoms with E-state index in [2.05, 4.69) is 60.7 Å². The number of fused-ring (bicyclic) bond motifs is 2. The van der Waals surface area contributed by atoms with Crippen LogP contribution in [-0.2, 0) is 11.2 Å². The van der Waals surface area contributed by atoms with E-state index in [1.54, 1.807) is 0 Å². The molecule has 4 heteroatoms. The van der Waals surface area contributed by atoms with Gasteiger partial charge in [-0.3, -0.25) is 0 Å². The summed E-state index contributed by atoms with van der Waals surface area (Å²) in [6.45, 7) is 3.25. The largest absolute Gasteiger partial charge is 0.493 e. The summed E-state index contributed by atoms with van der Waals surface area (Å²) in [5, 5.41) is 28.8. The zero-order valence-corrected chi connectivity index (χ0v) is 26.0. The van der Waals surface area contributed by atoms with Crippen LogP contribution in [0.15, 0.2) is 72.8 Å². The van der Waals surface area contributed by atoms with Crippen LogP contribution in [0.5, 0.6) is 11.5 Å². The SMILES string of the molecule is CCOc1ccc(C2(O)CCCC(CCOc3ccc(C4(O)C5CC6CC(C5)CC4C6)c4ccccc34)C2)c2ccccc12. The summed E-state index contributed by atoms with van der Waals surface area (Å²) in [6, 6.07) is 25.2. The monoisotopic (exact) mass is 590 g/mol. The lowest BCUT2D eigenvalue weighted by Gasteiger charge is -2.59. The second kappa shape index (κ2) is 11.1. The van der Waals surface area contributed by atoms with Gasteiger partial charge in [-0.1, -0.05) is 67.1 Å². The zero-order chi connectivity index (χ0) is 29.9. The third kappa shape index (κ3) is 4.63. The van der Waals surface area contributed by atoms with Gasteiger partial charge >= 0.3 is 0 Å². The highest BCUT2D eigenvalue weighted by molar-refractivity contribution is 5.92. The summed E-state index contributed by atoms with van der Waals surface area (Å²) >= 11 is 0. The van der Waals surface area contributed by atoms with Crippen LogP contribution in [0.3, 0.4) is 0 Å². The van der Waals surface area contributed by atoms with Gasteiger partial charge in [-0.15, -0.1) is 0 Å². The van der Waals surface area contributed by atoms with Gasteiger partial charge in [-0.05, 0) is 128 Å². The predicted molar refractivity (Wildman–Crippen MR) is 176 cm³/mol. The molecule has 0 heterocycles. The normalized spacial score (nSPS) is 32.8. The Morgan fingerprint density at radius 3 is 1.89 bits per heavy atom. The topological polar surface area (TPSA) is 58.9 Å². The van der Waals surface area contributed by atoms with E-state index in [0.29, 0.717) is 31.0 Å². The maximum atomic E-state index is 12.4. The van der Waals surface area contributed by atoms with Gasteiger partial charge < -0.3 is 19.7 Å². The Morgan fingerprint density at radius 1 is 0.682 bits per heavy atom. The molecule has 44 heavy (non-hydrogen) atoms. The van der Waals surface area contributed by atoms with Crippen molar-refractivity contribution in [2.75, 3.05) is 13.2 Å². The van der Waals surface area contributed by atoms with E-state index >= 15 is 0 Å². The van der Waals surface area contributed by atoms with Crippen LogP contribution in [0.25, 0.3) is 21.5 Å². The number of aliphatic hydroxyl groups is 2. The van der Waals surface area contributed by atoms with Crippen molar-refractivity contribution >= 4 is 21.5 Å². The molecular formula is C40H46O4. The second-order valence-corrected chi connectivity index (χ2v) is 14.5. The second-order valence-electron chi connectivity index (χ2n) is 14.5. The minimum atomic E-state index is -0.851. The fourth-order valence-corrected chi connectivity index (χ4v) is 10.2. The van der Waals surface area contributed by atoms with Crippen molar-refractivity contribution in [1.82, 2.24) is 0 Å². The molecule has 0 aliphatic heterocycles. The molecule has 4 nitrogen and oxygen atoms in total. The van der Waals surface area contributed by atoms with Crippen LogP contribution < -0.4 is 9.47 Å². The first kappa shape index (κ1) is 28.4. The van der Waals surface area contributed by atoms with Gasteiger partial charge in [0.1, 0.15) is 11.5 Å². The van der Waals surface area contributed by atoms with Gasteiger partial charge in [0.15, 0.2) is 0 Å². The Hall–Kier alpha value is -3.08. The summed E-state index contributed by atoms with van der Waals surface area (Å²) in [5.41, 5.74) is 0.569. The molecular weight excluding hydrogens is 544 g/mol. The summed E-state index contributed by atoms with van der Waals surface area (Å²) in [6.07, 6.45) is 10.6. The standard InChI is InChI=1S/C40H46O4/c1-2-43-37-15-13-35(31-9-3-5-11-33(31)37)39(41)18-7-8-26(25-39)17-19-44-38-16-14-36(32-10-4-6-12-34(32)38)40(42)29-21-27-20-28(23-29)24-30(40)22-27/h3-6,9-16,26-30,41-42H,2,7-8,17-25H2,1H3. The highest BCUT2D eigenvalue weighted by Crippen LogP contribution is 2.62. The van der Waals surface area contributed by atoms with Crippen LogP contribution in [0, 0.1) is 29.6 Å². The van der Waals surface area contributed by atoms with E-state index in [0.717, 1.165) is 88.1 Å². The minimum absolute atomic E-state index is 0.381. The molecule has 0 aromatic heterocycles. The average Bonchev–Trinajstić information content (AvgIpc) is 3.03. The molecule has 2 N–H and O–H groups in total. The van der Waals surface area contributed by atoms with Crippen molar-refractivity contribution in [3.05, 3.63) is 83.9 Å². The smallest absolute Gasteiger partial charge is 0.127 e. The maximum absolute atomic E-state index is 12.4. The third-order valence-corrected chi connectivity index (χ3v) is 12.0. The molecule has 0 radical (unpaired) electrons. The van der Waals surface area contributed by atoms with Crippen LogP contribution in [-0.4, -0.2) is 23.4 Å². The Morgan fingerprint density at radius 2 is 1.25 bits per heavy atom. The van der Waals surface area contributed by atoms with Crippen molar-refractivity contribution in [2.24, 2.45) is 29.6 Å². The molecule has 2 atom stereocenters. The van der Waals surface area contributed by atoms with Gasteiger partial charge in [0, 0.05) is 10.8 Å². The Balaban J connectivity index is 0.999.